The predicted molar refractivity (Wildman–Crippen MR) is 73.2 cm³/mol. The number of aliphatic imine (C=N–C) groups is 1. The van der Waals surface area contributed by atoms with Crippen molar-refractivity contribution >= 4 is 5.96 Å². The van der Waals surface area contributed by atoms with Crippen molar-refractivity contribution in [3.63, 3.8) is 0 Å². The number of nitrogens with zero attached hydrogens (tertiary/aromatic N) is 1. The lowest BCUT2D eigenvalue weighted by Gasteiger charge is -2.35. The molecule has 0 aromatic rings. The maximum Gasteiger partial charge on any atom is 0.206 e. The molecule has 1 aliphatic carbocycles. The van der Waals surface area contributed by atoms with Crippen molar-refractivity contribution in [2.24, 2.45) is 10.8 Å². The maximum absolute atomic E-state index is 5.58. The molecule has 0 bridgehead atoms. The Morgan fingerprint density at radius 2 is 2.06 bits per heavy atom. The summed E-state index contributed by atoms with van der Waals surface area (Å²) in [5.74, 6) is 6.30. The van der Waals surface area contributed by atoms with Gasteiger partial charge in [-0.2, -0.15) is 0 Å². The van der Waals surface area contributed by atoms with Gasteiger partial charge in [-0.3, -0.25) is 5.43 Å². The van der Waals surface area contributed by atoms with Gasteiger partial charge in [-0.25, -0.2) is 10.8 Å². The number of hydrogen-bond donors (Lipinski definition) is 3. The molecule has 18 heavy (non-hydrogen) atoms. The van der Waals surface area contributed by atoms with Gasteiger partial charge in [-0.1, -0.05) is 19.3 Å². The number of ether oxygens (including phenoxy) is 1. The minimum Gasteiger partial charge on any atom is -0.379 e. The molecule has 1 saturated carbocycles. The fourth-order valence-corrected chi connectivity index (χ4v) is 2.82. The van der Waals surface area contributed by atoms with E-state index in [0.717, 1.165) is 32.0 Å². The highest BCUT2D eigenvalue weighted by Gasteiger charge is 2.28. The highest BCUT2D eigenvalue weighted by Crippen LogP contribution is 2.21. The molecule has 1 aliphatic heterocycles. The van der Waals surface area contributed by atoms with Crippen LogP contribution in [-0.2, 0) is 4.74 Å². The lowest BCUT2D eigenvalue weighted by atomic mass is 9.95. The van der Waals surface area contributed by atoms with Gasteiger partial charge < -0.3 is 10.1 Å². The quantitative estimate of drug-likeness (QED) is 0.300. The van der Waals surface area contributed by atoms with Crippen molar-refractivity contribution < 1.29 is 4.74 Å². The second-order valence-electron chi connectivity index (χ2n) is 5.76. The van der Waals surface area contributed by atoms with E-state index in [1.54, 1.807) is 0 Å². The molecule has 1 atom stereocenters. The fourth-order valence-electron chi connectivity index (χ4n) is 2.82. The Balaban J connectivity index is 1.92. The summed E-state index contributed by atoms with van der Waals surface area (Å²) in [5, 5.41) is 3.42. The van der Waals surface area contributed by atoms with Gasteiger partial charge >= 0.3 is 0 Å². The average molecular weight is 254 g/mol. The first-order valence-corrected chi connectivity index (χ1v) is 7.12. The van der Waals surface area contributed by atoms with Crippen molar-refractivity contribution in [1.29, 1.82) is 0 Å². The average Bonchev–Trinajstić information content (AvgIpc) is 2.40. The minimum absolute atomic E-state index is 0.0435. The van der Waals surface area contributed by atoms with Crippen LogP contribution in [0.4, 0.5) is 0 Å². The van der Waals surface area contributed by atoms with Gasteiger partial charge in [0.25, 0.3) is 0 Å². The van der Waals surface area contributed by atoms with Crippen LogP contribution in [0, 0.1) is 0 Å². The molecule has 5 heteroatoms. The molecule has 2 rings (SSSR count). The number of hydrogen-bond acceptors (Lipinski definition) is 3. The summed E-state index contributed by atoms with van der Waals surface area (Å²) >= 11 is 0. The van der Waals surface area contributed by atoms with E-state index >= 15 is 0 Å². The second kappa shape index (κ2) is 6.38. The highest BCUT2D eigenvalue weighted by atomic mass is 16.5. The van der Waals surface area contributed by atoms with E-state index in [2.05, 4.69) is 17.7 Å². The predicted octanol–water partition coefficient (Wildman–Crippen LogP) is 1.30. The monoisotopic (exact) mass is 254 g/mol. The zero-order chi connectivity index (χ0) is 12.8. The van der Waals surface area contributed by atoms with E-state index in [1.165, 1.54) is 32.1 Å². The third-order valence-corrected chi connectivity index (χ3v) is 3.88. The Hall–Kier alpha value is -0.810. The van der Waals surface area contributed by atoms with Crippen molar-refractivity contribution in [3.05, 3.63) is 0 Å². The topological polar surface area (TPSA) is 71.7 Å². The minimum atomic E-state index is -0.0435. The molecule has 5 nitrogen and oxygen atoms in total. The van der Waals surface area contributed by atoms with E-state index in [-0.39, 0.29) is 5.54 Å². The third kappa shape index (κ3) is 3.85. The van der Waals surface area contributed by atoms with E-state index in [9.17, 15) is 0 Å². The van der Waals surface area contributed by atoms with Gasteiger partial charge in [0, 0.05) is 6.61 Å². The van der Waals surface area contributed by atoms with Gasteiger partial charge in [0.2, 0.25) is 5.96 Å². The van der Waals surface area contributed by atoms with Crippen LogP contribution in [0.2, 0.25) is 0 Å². The summed E-state index contributed by atoms with van der Waals surface area (Å²) in [6.45, 7) is 3.75. The van der Waals surface area contributed by atoms with Crippen LogP contribution < -0.4 is 16.6 Å². The first-order valence-electron chi connectivity index (χ1n) is 7.12. The normalized spacial score (nSPS) is 31.1. The van der Waals surface area contributed by atoms with Gasteiger partial charge in [-0.05, 0) is 32.6 Å². The van der Waals surface area contributed by atoms with Crippen molar-refractivity contribution in [3.8, 4) is 0 Å². The zero-order valence-electron chi connectivity index (χ0n) is 11.4. The summed E-state index contributed by atoms with van der Waals surface area (Å²) < 4.78 is 5.53. The number of rotatable bonds is 2. The smallest absolute Gasteiger partial charge is 0.206 e. The Labute approximate surface area is 110 Å². The van der Waals surface area contributed by atoms with E-state index < -0.39 is 0 Å². The lowest BCUT2D eigenvalue weighted by Crippen LogP contribution is -2.56. The van der Waals surface area contributed by atoms with Crippen LogP contribution in [0.3, 0.4) is 0 Å². The Bertz CT molecular complexity index is 281. The van der Waals surface area contributed by atoms with E-state index in [1.807, 2.05) is 0 Å². The Morgan fingerprint density at radius 3 is 2.67 bits per heavy atom. The molecule has 2 fully saturated rings. The van der Waals surface area contributed by atoms with E-state index in [0.29, 0.717) is 6.04 Å². The van der Waals surface area contributed by atoms with Crippen LogP contribution in [0.5, 0.6) is 0 Å². The largest absolute Gasteiger partial charge is 0.379 e. The first kappa shape index (κ1) is 13.6. The molecular formula is C13H26N4O. The molecule has 0 radical (unpaired) electrons. The summed E-state index contributed by atoms with van der Waals surface area (Å²) in [6, 6.07) is 0.422. The molecule has 0 aromatic heterocycles. The Morgan fingerprint density at radius 1 is 1.28 bits per heavy atom. The number of hydrazine groups is 1. The number of guanidine groups is 1. The summed E-state index contributed by atoms with van der Waals surface area (Å²) in [7, 11) is 0. The molecule has 4 N–H and O–H groups in total. The van der Waals surface area contributed by atoms with Gasteiger partial charge in [-0.15, -0.1) is 0 Å². The van der Waals surface area contributed by atoms with Gasteiger partial charge in [0.05, 0.1) is 18.2 Å². The zero-order valence-corrected chi connectivity index (χ0v) is 11.4. The molecule has 1 saturated heterocycles. The number of nitrogens with two attached hydrogens (primary N) is 1. The number of nitrogens with one attached hydrogen (secondary N) is 2. The molecule has 1 unspecified atom stereocenters. The molecular weight excluding hydrogens is 228 g/mol. The summed E-state index contributed by atoms with van der Waals surface area (Å²) in [6.07, 6.45) is 8.46. The van der Waals surface area contributed by atoms with E-state index in [4.69, 9.17) is 15.6 Å². The second-order valence-corrected chi connectivity index (χ2v) is 5.76. The lowest BCUT2D eigenvalue weighted by molar-refractivity contribution is 0.0366. The molecule has 104 valence electrons. The molecule has 0 amide bonds. The van der Waals surface area contributed by atoms with Crippen LogP contribution in [0.25, 0.3) is 0 Å². The molecule has 1 heterocycles. The third-order valence-electron chi connectivity index (χ3n) is 3.88. The summed E-state index contributed by atoms with van der Waals surface area (Å²) in [5.41, 5.74) is 2.66. The van der Waals surface area contributed by atoms with Crippen molar-refractivity contribution in [2.75, 3.05) is 13.2 Å². The Kier molecular flexibility index (Phi) is 4.83. The standard InChI is InChI=1S/C13H26N4O/c1-13(8-5-9-18-10-13)16-12(17-14)15-11-6-3-2-4-7-11/h11H,2-10,14H2,1H3,(H2,15,16,17). The van der Waals surface area contributed by atoms with Crippen molar-refractivity contribution in [1.82, 2.24) is 10.7 Å². The molecule has 0 spiro atoms. The first-order chi connectivity index (χ1) is 8.72. The fraction of sp³-hybridized carbons (Fsp3) is 0.923. The van der Waals surface area contributed by atoms with Gasteiger partial charge in [0.1, 0.15) is 0 Å². The van der Waals surface area contributed by atoms with Crippen LogP contribution in [0.15, 0.2) is 4.99 Å². The molecule has 2 aliphatic rings. The summed E-state index contributed by atoms with van der Waals surface area (Å²) in [4.78, 5) is 4.71. The SMILES string of the molecule is CC1(NC(=NC2CCCCC2)NN)CCCOC1. The van der Waals surface area contributed by atoms with Crippen LogP contribution in [-0.4, -0.2) is 30.8 Å². The highest BCUT2D eigenvalue weighted by molar-refractivity contribution is 5.80. The van der Waals surface area contributed by atoms with Crippen LogP contribution >= 0.6 is 0 Å². The maximum atomic E-state index is 5.58. The van der Waals surface area contributed by atoms with Gasteiger partial charge in [0.15, 0.2) is 0 Å². The van der Waals surface area contributed by atoms with Crippen LogP contribution in [0.1, 0.15) is 51.9 Å². The van der Waals surface area contributed by atoms with Crippen molar-refractivity contribution in [2.45, 2.75) is 63.5 Å². The molecule has 0 aromatic carbocycles.